The standard InChI is InChI=1S/C10H10BClO2/c11-8-3-5-9(6-4-8)14-7-1-2-10(12)13/h3-6H,1-2,7H2. The van der Waals surface area contributed by atoms with Gasteiger partial charge in [-0.25, -0.2) is 0 Å². The van der Waals surface area contributed by atoms with Crippen molar-refractivity contribution in [2.75, 3.05) is 6.61 Å². The third kappa shape index (κ3) is 4.33. The molecule has 0 saturated heterocycles. The van der Waals surface area contributed by atoms with E-state index in [0.717, 1.165) is 5.75 Å². The maximum absolute atomic E-state index is 10.4. The molecule has 0 spiro atoms. The first-order chi connectivity index (χ1) is 6.68. The van der Waals surface area contributed by atoms with Crippen molar-refractivity contribution < 1.29 is 9.53 Å². The average Bonchev–Trinajstić information content (AvgIpc) is 2.15. The fraction of sp³-hybridized carbons (Fsp3) is 0.300. The lowest BCUT2D eigenvalue weighted by atomic mass is 9.97. The van der Waals surface area contributed by atoms with Gasteiger partial charge in [-0.1, -0.05) is 17.6 Å². The molecule has 1 rings (SSSR count). The Bertz CT molecular complexity index is 297. The zero-order valence-corrected chi connectivity index (χ0v) is 8.46. The molecule has 0 aliphatic heterocycles. The second kappa shape index (κ2) is 5.71. The van der Waals surface area contributed by atoms with E-state index in [9.17, 15) is 4.79 Å². The van der Waals surface area contributed by atoms with Crippen LogP contribution < -0.4 is 10.2 Å². The van der Waals surface area contributed by atoms with Gasteiger partial charge in [0, 0.05) is 6.42 Å². The molecule has 0 N–H and O–H groups in total. The fourth-order valence-corrected chi connectivity index (χ4v) is 1.10. The lowest BCUT2D eigenvalue weighted by Crippen LogP contribution is -2.03. The van der Waals surface area contributed by atoms with Gasteiger partial charge < -0.3 is 4.74 Å². The molecule has 0 saturated carbocycles. The van der Waals surface area contributed by atoms with Crippen molar-refractivity contribution in [3.63, 3.8) is 0 Å². The highest BCUT2D eigenvalue weighted by Crippen LogP contribution is 2.08. The Hall–Kier alpha value is -0.955. The molecule has 0 aliphatic rings. The molecule has 72 valence electrons. The molecule has 2 radical (unpaired) electrons. The highest BCUT2D eigenvalue weighted by atomic mass is 35.5. The van der Waals surface area contributed by atoms with Crippen LogP contribution in [0.3, 0.4) is 0 Å². The smallest absolute Gasteiger partial charge is 0.221 e. The Kier molecular flexibility index (Phi) is 4.53. The van der Waals surface area contributed by atoms with E-state index >= 15 is 0 Å². The summed E-state index contributed by atoms with van der Waals surface area (Å²) in [6, 6.07) is 7.11. The summed E-state index contributed by atoms with van der Waals surface area (Å²) in [7, 11) is 5.50. The number of hydrogen-bond donors (Lipinski definition) is 0. The predicted octanol–water partition coefficient (Wildman–Crippen LogP) is 1.40. The van der Waals surface area contributed by atoms with Crippen molar-refractivity contribution in [1.29, 1.82) is 0 Å². The van der Waals surface area contributed by atoms with Crippen molar-refractivity contribution in [3.8, 4) is 5.75 Å². The highest BCUT2D eigenvalue weighted by Gasteiger charge is 1.96. The largest absolute Gasteiger partial charge is 0.494 e. The van der Waals surface area contributed by atoms with Crippen molar-refractivity contribution in [1.82, 2.24) is 0 Å². The topological polar surface area (TPSA) is 26.3 Å². The minimum absolute atomic E-state index is 0.328. The lowest BCUT2D eigenvalue weighted by Gasteiger charge is -2.04. The summed E-state index contributed by atoms with van der Waals surface area (Å²) in [5, 5.41) is -0.328. The summed E-state index contributed by atoms with van der Waals surface area (Å²) in [6.07, 6.45) is 0.975. The van der Waals surface area contributed by atoms with E-state index < -0.39 is 0 Å². The molecule has 14 heavy (non-hydrogen) atoms. The molecule has 1 aromatic rings. The second-order valence-electron chi connectivity index (χ2n) is 2.88. The van der Waals surface area contributed by atoms with E-state index in [-0.39, 0.29) is 5.24 Å². The van der Waals surface area contributed by atoms with E-state index in [1.54, 1.807) is 24.3 Å². The Morgan fingerprint density at radius 2 is 2.00 bits per heavy atom. The number of benzene rings is 1. The summed E-state index contributed by atoms with van der Waals surface area (Å²) >= 11 is 5.17. The van der Waals surface area contributed by atoms with E-state index in [4.69, 9.17) is 24.2 Å². The zero-order chi connectivity index (χ0) is 10.4. The Morgan fingerprint density at radius 3 is 2.57 bits per heavy atom. The minimum atomic E-state index is -0.328. The molecular formula is C10H10BClO2. The van der Waals surface area contributed by atoms with E-state index in [2.05, 4.69) is 0 Å². The summed E-state index contributed by atoms with van der Waals surface area (Å²) in [5.41, 5.74) is 0.702. The van der Waals surface area contributed by atoms with Crippen molar-refractivity contribution in [3.05, 3.63) is 24.3 Å². The van der Waals surface area contributed by atoms with Gasteiger partial charge in [0.1, 0.15) is 13.6 Å². The first kappa shape index (κ1) is 11.1. The Labute approximate surface area is 89.6 Å². The quantitative estimate of drug-likeness (QED) is 0.415. The van der Waals surface area contributed by atoms with Crippen LogP contribution in [0.4, 0.5) is 0 Å². The highest BCUT2D eigenvalue weighted by molar-refractivity contribution is 6.63. The lowest BCUT2D eigenvalue weighted by molar-refractivity contribution is -0.111. The SMILES string of the molecule is [B]c1ccc(OCCCC(=O)Cl)cc1. The van der Waals surface area contributed by atoms with Gasteiger partial charge in [0.2, 0.25) is 5.24 Å². The first-order valence-corrected chi connectivity index (χ1v) is 4.73. The van der Waals surface area contributed by atoms with Gasteiger partial charge in [0.15, 0.2) is 0 Å². The van der Waals surface area contributed by atoms with Gasteiger partial charge in [0.25, 0.3) is 0 Å². The summed E-state index contributed by atoms with van der Waals surface area (Å²) in [5.74, 6) is 0.751. The van der Waals surface area contributed by atoms with Gasteiger partial charge in [-0.15, -0.1) is 0 Å². The number of hydrogen-bond acceptors (Lipinski definition) is 2. The molecule has 4 heteroatoms. The molecule has 0 fully saturated rings. The van der Waals surface area contributed by atoms with Crippen LogP contribution in [0.5, 0.6) is 5.75 Å². The number of ether oxygens (including phenoxy) is 1. The molecule has 0 amide bonds. The van der Waals surface area contributed by atoms with Crippen LogP contribution in [-0.2, 0) is 4.79 Å². The van der Waals surface area contributed by atoms with Crippen LogP contribution >= 0.6 is 11.6 Å². The van der Waals surface area contributed by atoms with Gasteiger partial charge >= 0.3 is 0 Å². The third-order valence-electron chi connectivity index (χ3n) is 1.67. The van der Waals surface area contributed by atoms with E-state index in [1.807, 2.05) is 0 Å². The minimum Gasteiger partial charge on any atom is -0.494 e. The van der Waals surface area contributed by atoms with Crippen LogP contribution in [0.1, 0.15) is 12.8 Å². The zero-order valence-electron chi connectivity index (χ0n) is 7.70. The van der Waals surface area contributed by atoms with E-state index in [0.29, 0.717) is 24.9 Å². The molecule has 0 atom stereocenters. The van der Waals surface area contributed by atoms with E-state index in [1.165, 1.54) is 0 Å². The average molecular weight is 208 g/mol. The maximum Gasteiger partial charge on any atom is 0.221 e. The summed E-state index contributed by atoms with van der Waals surface area (Å²) in [4.78, 5) is 10.4. The van der Waals surface area contributed by atoms with Gasteiger partial charge in [-0.2, -0.15) is 0 Å². The molecule has 0 heterocycles. The molecule has 0 unspecified atom stereocenters. The summed E-state index contributed by atoms with van der Waals surface area (Å²) < 4.78 is 5.34. The molecule has 0 aliphatic carbocycles. The third-order valence-corrected chi connectivity index (χ3v) is 1.86. The van der Waals surface area contributed by atoms with Crippen LogP contribution in [0.25, 0.3) is 0 Å². The van der Waals surface area contributed by atoms with Crippen LogP contribution in [0.2, 0.25) is 0 Å². The van der Waals surface area contributed by atoms with Crippen LogP contribution in [-0.4, -0.2) is 19.7 Å². The van der Waals surface area contributed by atoms with Crippen molar-refractivity contribution >= 4 is 30.2 Å². The number of carbonyl (C=O) groups excluding carboxylic acids is 1. The van der Waals surface area contributed by atoms with Gasteiger partial charge in [0.05, 0.1) is 6.61 Å². The molecule has 0 aromatic heterocycles. The fourth-order valence-electron chi connectivity index (χ4n) is 0.965. The van der Waals surface area contributed by atoms with Crippen LogP contribution in [0.15, 0.2) is 24.3 Å². The number of carbonyl (C=O) groups is 1. The van der Waals surface area contributed by atoms with Gasteiger partial charge in [-0.3, -0.25) is 4.79 Å². The Balaban J connectivity index is 2.25. The summed E-state index contributed by atoms with van der Waals surface area (Å²) in [6.45, 7) is 0.488. The van der Waals surface area contributed by atoms with Crippen molar-refractivity contribution in [2.24, 2.45) is 0 Å². The molecule has 0 bridgehead atoms. The predicted molar refractivity (Wildman–Crippen MR) is 57.4 cm³/mol. The second-order valence-corrected chi connectivity index (χ2v) is 3.30. The molecule has 2 nitrogen and oxygen atoms in total. The van der Waals surface area contributed by atoms with Gasteiger partial charge in [-0.05, 0) is 30.2 Å². The maximum atomic E-state index is 10.4. The number of rotatable bonds is 5. The van der Waals surface area contributed by atoms with Crippen molar-refractivity contribution in [2.45, 2.75) is 12.8 Å². The molecule has 1 aromatic carbocycles. The normalized spacial score (nSPS) is 9.79. The van der Waals surface area contributed by atoms with Crippen LogP contribution in [0, 0.1) is 0 Å². The Morgan fingerprint density at radius 1 is 1.36 bits per heavy atom. The molecular weight excluding hydrogens is 198 g/mol. The monoisotopic (exact) mass is 208 g/mol. The number of halogens is 1. The first-order valence-electron chi connectivity index (χ1n) is 4.35.